The lowest BCUT2D eigenvalue weighted by atomic mass is 10.2. The zero-order chi connectivity index (χ0) is 15.9. The number of non-ortho nitro benzene ring substituents is 1. The Morgan fingerprint density at radius 1 is 1.23 bits per heavy atom. The van der Waals surface area contributed by atoms with Crippen LogP contribution >= 0.6 is 27.5 Å². The minimum atomic E-state index is -0.420. The molecular weight excluding hydrogens is 372 g/mol. The third kappa shape index (κ3) is 2.55. The van der Waals surface area contributed by atoms with E-state index in [9.17, 15) is 10.1 Å². The van der Waals surface area contributed by atoms with E-state index in [-0.39, 0.29) is 5.69 Å². The van der Waals surface area contributed by atoms with E-state index in [0.717, 1.165) is 4.47 Å². The number of hydrogen-bond donors (Lipinski definition) is 1. The van der Waals surface area contributed by atoms with E-state index >= 15 is 0 Å². The van der Waals surface area contributed by atoms with Crippen LogP contribution in [0.2, 0.25) is 5.02 Å². The number of hydrogen-bond acceptors (Lipinski definition) is 3. The molecule has 22 heavy (non-hydrogen) atoms. The molecular formula is C15H10BrClN2O3. The first-order valence-corrected chi connectivity index (χ1v) is 7.53. The van der Waals surface area contributed by atoms with Crippen molar-refractivity contribution in [1.29, 1.82) is 0 Å². The molecule has 0 bridgehead atoms. The molecule has 1 N–H and O–H groups in total. The Morgan fingerprint density at radius 3 is 2.55 bits per heavy atom. The number of nitrogens with zero attached hydrogens (tertiary/aromatic N) is 1. The summed E-state index contributed by atoms with van der Waals surface area (Å²) in [6.07, 6.45) is 0. The van der Waals surface area contributed by atoms with Gasteiger partial charge in [-0.05, 0) is 53.2 Å². The first-order chi connectivity index (χ1) is 10.5. The fourth-order valence-corrected chi connectivity index (χ4v) is 2.81. The molecule has 5 nitrogen and oxygen atoms in total. The lowest BCUT2D eigenvalue weighted by Gasteiger charge is -2.06. The van der Waals surface area contributed by atoms with Gasteiger partial charge < -0.3 is 9.72 Å². The first-order valence-electron chi connectivity index (χ1n) is 6.36. The number of nitro groups is 1. The molecule has 0 amide bonds. The van der Waals surface area contributed by atoms with Crippen LogP contribution in [0.5, 0.6) is 11.5 Å². The standard InChI is InChI=1S/C15H10BrClN2O3/c1-8-15(22-10-4-2-9(17)3-5-10)13-12(19(20)21)7-6-11(16)14(13)18-8/h2-7,18H,1H3. The molecule has 0 atom stereocenters. The molecule has 0 aliphatic rings. The van der Waals surface area contributed by atoms with Gasteiger partial charge in [-0.15, -0.1) is 0 Å². The molecule has 0 saturated heterocycles. The maximum Gasteiger partial charge on any atom is 0.282 e. The van der Waals surface area contributed by atoms with Crippen LogP contribution < -0.4 is 4.74 Å². The van der Waals surface area contributed by atoms with E-state index in [4.69, 9.17) is 16.3 Å². The highest BCUT2D eigenvalue weighted by atomic mass is 79.9. The SMILES string of the molecule is Cc1[nH]c2c(Br)ccc([N+](=O)[O-])c2c1Oc1ccc(Cl)cc1. The van der Waals surface area contributed by atoms with Gasteiger partial charge in [0, 0.05) is 15.6 Å². The van der Waals surface area contributed by atoms with Crippen molar-refractivity contribution in [2.24, 2.45) is 0 Å². The van der Waals surface area contributed by atoms with Gasteiger partial charge in [0.15, 0.2) is 5.75 Å². The van der Waals surface area contributed by atoms with Crippen LogP contribution in [0.25, 0.3) is 10.9 Å². The van der Waals surface area contributed by atoms with E-state index < -0.39 is 4.92 Å². The van der Waals surface area contributed by atoms with E-state index in [1.165, 1.54) is 6.07 Å². The predicted octanol–water partition coefficient (Wildman–Crippen LogP) is 5.59. The number of aromatic nitrogens is 1. The number of rotatable bonds is 3. The van der Waals surface area contributed by atoms with Gasteiger partial charge in [-0.3, -0.25) is 10.1 Å². The van der Waals surface area contributed by atoms with Crippen molar-refractivity contribution < 1.29 is 9.66 Å². The molecule has 0 fully saturated rings. The zero-order valence-electron chi connectivity index (χ0n) is 11.4. The monoisotopic (exact) mass is 380 g/mol. The van der Waals surface area contributed by atoms with Crippen molar-refractivity contribution in [3.05, 3.63) is 61.7 Å². The molecule has 0 unspecified atom stereocenters. The second-order valence-corrected chi connectivity index (χ2v) is 6.00. The molecule has 1 aromatic heterocycles. The Balaban J connectivity index is 2.20. The quantitative estimate of drug-likeness (QED) is 0.475. The minimum Gasteiger partial charge on any atom is -0.455 e. The molecule has 1 heterocycles. The van der Waals surface area contributed by atoms with Gasteiger partial charge >= 0.3 is 0 Å². The van der Waals surface area contributed by atoms with Crippen molar-refractivity contribution >= 4 is 44.1 Å². The van der Waals surface area contributed by atoms with Gasteiger partial charge in [0.1, 0.15) is 11.1 Å². The Hall–Kier alpha value is -2.05. The molecule has 7 heteroatoms. The highest BCUT2D eigenvalue weighted by Gasteiger charge is 2.22. The van der Waals surface area contributed by atoms with Gasteiger partial charge in [0.2, 0.25) is 0 Å². The lowest BCUT2D eigenvalue weighted by Crippen LogP contribution is -1.91. The fraction of sp³-hybridized carbons (Fsp3) is 0.0667. The van der Waals surface area contributed by atoms with Crippen molar-refractivity contribution in [2.75, 3.05) is 0 Å². The molecule has 0 aliphatic heterocycles. The third-order valence-corrected chi connectivity index (χ3v) is 4.16. The van der Waals surface area contributed by atoms with Crippen LogP contribution in [0.15, 0.2) is 40.9 Å². The molecule has 0 aliphatic carbocycles. The molecule has 2 aromatic carbocycles. The number of nitrogens with one attached hydrogen (secondary N) is 1. The first kappa shape index (κ1) is 14.9. The largest absolute Gasteiger partial charge is 0.455 e. The summed E-state index contributed by atoms with van der Waals surface area (Å²) in [5, 5.41) is 12.3. The molecule has 0 radical (unpaired) electrons. The van der Waals surface area contributed by atoms with Crippen LogP contribution in [-0.2, 0) is 0 Å². The lowest BCUT2D eigenvalue weighted by molar-refractivity contribution is -0.383. The topological polar surface area (TPSA) is 68.2 Å². The number of fused-ring (bicyclic) bond motifs is 1. The Morgan fingerprint density at radius 2 is 1.91 bits per heavy atom. The average molecular weight is 382 g/mol. The summed E-state index contributed by atoms with van der Waals surface area (Å²) in [5.41, 5.74) is 1.34. The van der Waals surface area contributed by atoms with Crippen LogP contribution in [0.3, 0.4) is 0 Å². The maximum atomic E-state index is 11.3. The summed E-state index contributed by atoms with van der Waals surface area (Å²) in [5.74, 6) is 0.994. The highest BCUT2D eigenvalue weighted by molar-refractivity contribution is 9.10. The van der Waals surface area contributed by atoms with Gasteiger partial charge in [-0.25, -0.2) is 0 Å². The Labute approximate surface area is 139 Å². The Bertz CT molecular complexity index is 875. The summed E-state index contributed by atoms with van der Waals surface area (Å²) in [6, 6.07) is 9.92. The number of benzene rings is 2. The molecule has 3 rings (SSSR count). The number of nitro benzene ring substituents is 1. The van der Waals surface area contributed by atoms with Crippen LogP contribution in [0.1, 0.15) is 5.69 Å². The van der Waals surface area contributed by atoms with E-state index in [1.807, 2.05) is 0 Å². The van der Waals surface area contributed by atoms with Crippen LogP contribution in [0.4, 0.5) is 5.69 Å². The van der Waals surface area contributed by atoms with Crippen LogP contribution in [0, 0.1) is 17.0 Å². The minimum absolute atomic E-state index is 0.00786. The fourth-order valence-electron chi connectivity index (χ4n) is 2.25. The van der Waals surface area contributed by atoms with Crippen molar-refractivity contribution in [3.8, 4) is 11.5 Å². The number of H-pyrrole nitrogens is 1. The summed E-state index contributed by atoms with van der Waals surface area (Å²) < 4.78 is 6.59. The number of ether oxygens (including phenoxy) is 1. The van der Waals surface area contributed by atoms with Gasteiger partial charge in [0.25, 0.3) is 5.69 Å². The number of aromatic amines is 1. The van der Waals surface area contributed by atoms with Crippen molar-refractivity contribution in [2.45, 2.75) is 6.92 Å². The van der Waals surface area contributed by atoms with Gasteiger partial charge in [-0.2, -0.15) is 0 Å². The van der Waals surface area contributed by atoms with Crippen molar-refractivity contribution in [1.82, 2.24) is 4.98 Å². The Kier molecular flexibility index (Phi) is 3.80. The summed E-state index contributed by atoms with van der Waals surface area (Å²) >= 11 is 9.25. The number of aryl methyl sites for hydroxylation is 1. The third-order valence-electron chi connectivity index (χ3n) is 3.24. The maximum absolute atomic E-state index is 11.3. The molecule has 0 saturated carbocycles. The summed E-state index contributed by atoms with van der Waals surface area (Å²) in [6.45, 7) is 1.81. The smallest absolute Gasteiger partial charge is 0.282 e. The van der Waals surface area contributed by atoms with E-state index in [0.29, 0.717) is 33.1 Å². The van der Waals surface area contributed by atoms with Crippen molar-refractivity contribution in [3.63, 3.8) is 0 Å². The van der Waals surface area contributed by atoms with Gasteiger partial charge in [-0.1, -0.05) is 11.6 Å². The average Bonchev–Trinajstić information content (AvgIpc) is 2.80. The van der Waals surface area contributed by atoms with E-state index in [1.54, 1.807) is 37.3 Å². The highest BCUT2D eigenvalue weighted by Crippen LogP contribution is 2.41. The molecule has 112 valence electrons. The second kappa shape index (κ2) is 5.62. The predicted molar refractivity (Wildman–Crippen MR) is 88.9 cm³/mol. The zero-order valence-corrected chi connectivity index (χ0v) is 13.7. The van der Waals surface area contributed by atoms with E-state index in [2.05, 4.69) is 20.9 Å². The number of halogens is 2. The van der Waals surface area contributed by atoms with Crippen LogP contribution in [-0.4, -0.2) is 9.91 Å². The summed E-state index contributed by atoms with van der Waals surface area (Å²) in [4.78, 5) is 14.0. The second-order valence-electron chi connectivity index (χ2n) is 4.71. The van der Waals surface area contributed by atoms with Gasteiger partial charge in [0.05, 0.1) is 16.1 Å². The molecule has 0 spiro atoms. The molecule has 3 aromatic rings. The normalized spacial score (nSPS) is 10.9. The summed E-state index contributed by atoms with van der Waals surface area (Å²) in [7, 11) is 0.